The number of esters is 1. The molecule has 0 aromatic heterocycles. The smallest absolute Gasteiger partial charge is 0.333 e. The van der Waals surface area contributed by atoms with E-state index >= 15 is 0 Å². The van der Waals surface area contributed by atoms with Crippen LogP contribution < -0.4 is 0 Å². The highest BCUT2D eigenvalue weighted by atomic mass is 16.6. The van der Waals surface area contributed by atoms with Gasteiger partial charge in [0.05, 0.1) is 0 Å². The van der Waals surface area contributed by atoms with Crippen molar-refractivity contribution in [3.8, 4) is 6.07 Å². The first kappa shape index (κ1) is 15.7. The van der Waals surface area contributed by atoms with E-state index in [1.807, 2.05) is 66.7 Å². The molecule has 0 N–H and O–H groups in total. The van der Waals surface area contributed by atoms with Crippen LogP contribution in [0, 0.1) is 11.3 Å². The molecule has 4 nitrogen and oxygen atoms in total. The molecule has 0 amide bonds. The molecule has 0 spiro atoms. The third-order valence-corrected chi connectivity index (χ3v) is 3.06. The minimum Gasteiger partial charge on any atom is -0.446 e. The zero-order valence-electron chi connectivity index (χ0n) is 12.3. The molecule has 2 rings (SSSR count). The molecule has 22 heavy (non-hydrogen) atoms. The molecule has 0 fully saturated rings. The molecule has 2 aromatic carbocycles. The minimum atomic E-state index is -0.775. The third-order valence-electron chi connectivity index (χ3n) is 3.06. The van der Waals surface area contributed by atoms with E-state index < -0.39 is 12.1 Å². The standard InChI is InChI=1S/C18H17NO3/c1-14(12-19)22-17(20)13-21-18(15-8-4-2-5-9-15)16-10-6-3-7-11-16/h2-11,14,18H,13H2,1H3. The van der Waals surface area contributed by atoms with E-state index in [2.05, 4.69) is 0 Å². The molecule has 2 aromatic rings. The number of ether oxygens (including phenoxy) is 2. The average Bonchev–Trinajstić information content (AvgIpc) is 2.57. The molecule has 0 bridgehead atoms. The van der Waals surface area contributed by atoms with Gasteiger partial charge in [0, 0.05) is 0 Å². The fourth-order valence-electron chi connectivity index (χ4n) is 2.05. The number of nitrogens with zero attached hydrogens (tertiary/aromatic N) is 1. The number of nitriles is 1. The Hall–Kier alpha value is -2.64. The molecule has 112 valence electrons. The highest BCUT2D eigenvalue weighted by Crippen LogP contribution is 2.25. The zero-order chi connectivity index (χ0) is 15.8. The first-order valence-corrected chi connectivity index (χ1v) is 7.01. The largest absolute Gasteiger partial charge is 0.446 e. The monoisotopic (exact) mass is 295 g/mol. The lowest BCUT2D eigenvalue weighted by atomic mass is 10.0. The van der Waals surface area contributed by atoms with Gasteiger partial charge >= 0.3 is 5.97 Å². The maximum absolute atomic E-state index is 11.7. The predicted molar refractivity (Wildman–Crippen MR) is 81.8 cm³/mol. The van der Waals surface area contributed by atoms with E-state index in [0.29, 0.717) is 0 Å². The van der Waals surface area contributed by atoms with Gasteiger partial charge < -0.3 is 9.47 Å². The van der Waals surface area contributed by atoms with E-state index in [1.54, 1.807) is 0 Å². The van der Waals surface area contributed by atoms with Crippen molar-refractivity contribution in [2.75, 3.05) is 6.61 Å². The maximum Gasteiger partial charge on any atom is 0.333 e. The molecule has 4 heteroatoms. The summed E-state index contributed by atoms with van der Waals surface area (Å²) in [6.45, 7) is 1.31. The summed E-state index contributed by atoms with van der Waals surface area (Å²) in [5, 5.41) is 8.65. The summed E-state index contributed by atoms with van der Waals surface area (Å²) in [5.41, 5.74) is 1.91. The fraction of sp³-hybridized carbons (Fsp3) is 0.222. The average molecular weight is 295 g/mol. The van der Waals surface area contributed by atoms with E-state index in [1.165, 1.54) is 6.92 Å². The van der Waals surface area contributed by atoms with Gasteiger partial charge in [-0.15, -0.1) is 0 Å². The first-order valence-electron chi connectivity index (χ1n) is 7.01. The van der Waals surface area contributed by atoms with Crippen molar-refractivity contribution >= 4 is 5.97 Å². The molecule has 1 unspecified atom stereocenters. The van der Waals surface area contributed by atoms with Crippen molar-refractivity contribution in [1.29, 1.82) is 5.26 Å². The summed E-state index contributed by atoms with van der Waals surface area (Å²) in [4.78, 5) is 11.7. The Kier molecular flexibility index (Phi) is 5.70. The van der Waals surface area contributed by atoms with Crippen molar-refractivity contribution in [2.45, 2.75) is 19.1 Å². The van der Waals surface area contributed by atoms with Crippen molar-refractivity contribution in [3.63, 3.8) is 0 Å². The van der Waals surface area contributed by atoms with Crippen molar-refractivity contribution in [3.05, 3.63) is 71.8 Å². The van der Waals surface area contributed by atoms with Crippen LogP contribution in [0.1, 0.15) is 24.2 Å². The van der Waals surface area contributed by atoms with Gasteiger partial charge in [-0.2, -0.15) is 5.26 Å². The molecule has 1 atom stereocenters. The van der Waals surface area contributed by atoms with Crippen LogP contribution in [0.15, 0.2) is 60.7 Å². The third kappa shape index (κ3) is 4.44. The Morgan fingerprint density at radius 2 is 1.55 bits per heavy atom. The summed E-state index contributed by atoms with van der Waals surface area (Å²) in [5.74, 6) is -0.550. The Morgan fingerprint density at radius 3 is 2.00 bits per heavy atom. The lowest BCUT2D eigenvalue weighted by molar-refractivity contribution is -0.152. The van der Waals surface area contributed by atoms with Crippen LogP contribution in [0.5, 0.6) is 0 Å². The van der Waals surface area contributed by atoms with Gasteiger partial charge in [0.25, 0.3) is 0 Å². The number of carbonyl (C=O) groups excluding carboxylic acids is 1. The van der Waals surface area contributed by atoms with Crippen LogP contribution in [-0.2, 0) is 14.3 Å². The topological polar surface area (TPSA) is 59.3 Å². The van der Waals surface area contributed by atoms with E-state index in [4.69, 9.17) is 14.7 Å². The normalized spacial score (nSPS) is 11.7. The van der Waals surface area contributed by atoms with Crippen molar-refractivity contribution in [1.82, 2.24) is 0 Å². The summed E-state index contributed by atoms with van der Waals surface area (Å²) >= 11 is 0. The van der Waals surface area contributed by atoms with Crippen LogP contribution in [0.4, 0.5) is 0 Å². The lowest BCUT2D eigenvalue weighted by Crippen LogP contribution is -2.20. The van der Waals surface area contributed by atoms with Gasteiger partial charge in [-0.1, -0.05) is 60.7 Å². The quantitative estimate of drug-likeness (QED) is 0.768. The van der Waals surface area contributed by atoms with Crippen molar-refractivity contribution in [2.24, 2.45) is 0 Å². The second-order valence-corrected chi connectivity index (χ2v) is 4.77. The van der Waals surface area contributed by atoms with Crippen LogP contribution >= 0.6 is 0 Å². The molecular weight excluding hydrogens is 278 g/mol. The van der Waals surface area contributed by atoms with Gasteiger partial charge in [-0.05, 0) is 18.1 Å². The Morgan fingerprint density at radius 1 is 1.05 bits per heavy atom. The van der Waals surface area contributed by atoms with Gasteiger partial charge in [-0.25, -0.2) is 4.79 Å². The second kappa shape index (κ2) is 7.96. The van der Waals surface area contributed by atoms with Gasteiger partial charge in [0.15, 0.2) is 6.10 Å². The number of carbonyl (C=O) groups is 1. The first-order chi connectivity index (χ1) is 10.7. The maximum atomic E-state index is 11.7. The Bertz CT molecular complexity index is 595. The fourth-order valence-corrected chi connectivity index (χ4v) is 2.05. The molecule has 0 aliphatic rings. The summed E-state index contributed by atoms with van der Waals surface area (Å²) < 4.78 is 10.6. The SMILES string of the molecule is CC(C#N)OC(=O)COC(c1ccccc1)c1ccccc1. The molecule has 0 saturated carbocycles. The van der Waals surface area contributed by atoms with E-state index in [-0.39, 0.29) is 12.7 Å². The number of hydrogen-bond donors (Lipinski definition) is 0. The zero-order valence-corrected chi connectivity index (χ0v) is 12.3. The Balaban J connectivity index is 2.10. The number of benzene rings is 2. The predicted octanol–water partition coefficient (Wildman–Crippen LogP) is 3.25. The summed E-state index contributed by atoms with van der Waals surface area (Å²) in [6.07, 6.45) is -1.13. The highest BCUT2D eigenvalue weighted by molar-refractivity contribution is 5.71. The van der Waals surface area contributed by atoms with Crippen LogP contribution in [0.3, 0.4) is 0 Å². The summed E-state index contributed by atoms with van der Waals surface area (Å²) in [6, 6.07) is 21.2. The number of rotatable bonds is 6. The Labute approximate surface area is 129 Å². The minimum absolute atomic E-state index is 0.208. The van der Waals surface area contributed by atoms with Gasteiger partial charge in [0.1, 0.15) is 18.8 Å². The van der Waals surface area contributed by atoms with Gasteiger partial charge in [0.2, 0.25) is 0 Å². The van der Waals surface area contributed by atoms with Crippen molar-refractivity contribution < 1.29 is 14.3 Å². The van der Waals surface area contributed by atoms with Crippen LogP contribution in [-0.4, -0.2) is 18.7 Å². The van der Waals surface area contributed by atoms with Crippen LogP contribution in [0.25, 0.3) is 0 Å². The number of hydrogen-bond acceptors (Lipinski definition) is 4. The van der Waals surface area contributed by atoms with Crippen LogP contribution in [0.2, 0.25) is 0 Å². The molecule has 0 heterocycles. The lowest BCUT2D eigenvalue weighted by Gasteiger charge is -2.18. The highest BCUT2D eigenvalue weighted by Gasteiger charge is 2.17. The molecule has 0 radical (unpaired) electrons. The van der Waals surface area contributed by atoms with E-state index in [9.17, 15) is 4.79 Å². The molecule has 0 saturated heterocycles. The molecule has 0 aliphatic heterocycles. The second-order valence-electron chi connectivity index (χ2n) is 4.77. The molecular formula is C18H17NO3. The van der Waals surface area contributed by atoms with Gasteiger partial charge in [-0.3, -0.25) is 0 Å². The van der Waals surface area contributed by atoms with E-state index in [0.717, 1.165) is 11.1 Å². The summed E-state index contributed by atoms with van der Waals surface area (Å²) in [7, 11) is 0. The molecule has 0 aliphatic carbocycles.